The number of hydrogen-bond acceptors (Lipinski definition) is 3. The number of benzene rings is 2. The molecule has 1 N–H and O–H groups in total. The molecule has 10 heteroatoms. The third-order valence-electron chi connectivity index (χ3n) is 8.20. The summed E-state index contributed by atoms with van der Waals surface area (Å²) in [6.45, 7) is 15.4. The molecular weight excluding hydrogens is 521 g/mol. The number of rotatable bonds is 8. The van der Waals surface area contributed by atoms with Gasteiger partial charge in [-0.3, -0.25) is 0 Å². The summed E-state index contributed by atoms with van der Waals surface area (Å²) >= 11 is 0. The molecule has 1 fully saturated rings. The van der Waals surface area contributed by atoms with Crippen molar-refractivity contribution in [1.82, 2.24) is 0 Å². The highest BCUT2D eigenvalue weighted by atomic mass is 19.4. The quantitative estimate of drug-likeness (QED) is 0.276. The van der Waals surface area contributed by atoms with E-state index in [0.717, 1.165) is 22.2 Å². The van der Waals surface area contributed by atoms with Gasteiger partial charge in [0.25, 0.3) is 5.60 Å². The average Bonchev–Trinajstić information content (AvgIpc) is 3.09. The predicted octanol–water partition coefficient (Wildman–Crippen LogP) is 7.23. The van der Waals surface area contributed by atoms with Crippen molar-refractivity contribution in [3.05, 3.63) is 76.6 Å². The predicted molar refractivity (Wildman–Crippen MR) is 140 cm³/mol. The highest BCUT2D eigenvalue weighted by molar-refractivity contribution is 6.62. The van der Waals surface area contributed by atoms with Gasteiger partial charge in [-0.1, -0.05) is 56.8 Å². The largest absolute Gasteiger partial charge is 0.563 e. The fourth-order valence-electron chi connectivity index (χ4n) is 5.26. The fourth-order valence-corrected chi connectivity index (χ4v) is 5.26. The molecule has 0 saturated carbocycles. The highest BCUT2D eigenvalue weighted by Crippen LogP contribution is 2.46. The zero-order chi connectivity index (χ0) is 29.6. The molecule has 1 aliphatic rings. The molecule has 0 atom stereocenters. The van der Waals surface area contributed by atoms with E-state index < -0.39 is 48.9 Å². The average molecular weight is 556 g/mol. The molecule has 1 aliphatic heterocycles. The van der Waals surface area contributed by atoms with Gasteiger partial charge in [-0.05, 0) is 86.7 Å². The smallest absolute Gasteiger partial charge is 0.534 e. The topological polar surface area (TPSA) is 38.7 Å². The molecular formula is C29H35BF6O3. The second-order valence-electron chi connectivity index (χ2n) is 10.9. The number of aryl methyl sites for hydroxylation is 3. The molecule has 2 aromatic carbocycles. The van der Waals surface area contributed by atoms with Crippen molar-refractivity contribution in [1.29, 1.82) is 0 Å². The van der Waals surface area contributed by atoms with Crippen LogP contribution in [0, 0.1) is 13.8 Å². The fraction of sp³-hybridized carbons (Fsp3) is 0.517. The molecule has 0 radical (unpaired) electrons. The molecule has 0 bridgehead atoms. The maximum atomic E-state index is 13.1. The van der Waals surface area contributed by atoms with Crippen LogP contribution in [0.5, 0.6) is 0 Å². The molecule has 0 spiro atoms. The van der Waals surface area contributed by atoms with Gasteiger partial charge in [0.15, 0.2) is 0 Å². The summed E-state index contributed by atoms with van der Waals surface area (Å²) in [4.78, 5) is 0. The van der Waals surface area contributed by atoms with Gasteiger partial charge in [0.1, 0.15) is 5.60 Å². The van der Waals surface area contributed by atoms with E-state index in [0.29, 0.717) is 29.7 Å². The monoisotopic (exact) mass is 556 g/mol. The lowest BCUT2D eigenvalue weighted by Crippen LogP contribution is -2.57. The summed E-state index contributed by atoms with van der Waals surface area (Å²) in [6.07, 6.45) is -12.3. The van der Waals surface area contributed by atoms with Crippen LogP contribution < -0.4 is 5.46 Å². The Morgan fingerprint density at radius 1 is 0.872 bits per heavy atom. The van der Waals surface area contributed by atoms with Crippen molar-refractivity contribution >= 4 is 12.6 Å². The first-order chi connectivity index (χ1) is 17.8. The van der Waals surface area contributed by atoms with Gasteiger partial charge in [0.05, 0.1) is 5.76 Å². The summed E-state index contributed by atoms with van der Waals surface area (Å²) in [7, 11) is -0.576. The number of aliphatic hydroxyl groups is 1. The van der Waals surface area contributed by atoms with Gasteiger partial charge in [-0.25, -0.2) is 0 Å². The Morgan fingerprint density at radius 2 is 1.38 bits per heavy atom. The SMILES string of the molecule is C=C1OB(c2ccc(C(CC)(CC)c3ccc(CCC(O)(C(F)(F)F)C(F)(F)F)c(C)c3)cc2C)OC1(C)C. The standard InChI is InChI=1S/C29H35BF6O3/c1-8-26(9-2,23-12-13-24(19(4)17-23)30-38-20(5)25(6,7)39-30)22-11-10-21(18(3)16-22)14-15-27(37,28(31,32)33)29(34,35)36/h10-13,16-17,37H,5,8-9,14-15H2,1-4,6-7H3. The summed E-state index contributed by atoms with van der Waals surface area (Å²) < 4.78 is 90.7. The van der Waals surface area contributed by atoms with E-state index in [9.17, 15) is 31.4 Å². The minimum absolute atomic E-state index is 0.316. The molecule has 0 unspecified atom stereocenters. The van der Waals surface area contributed by atoms with Crippen molar-refractivity contribution in [2.75, 3.05) is 0 Å². The van der Waals surface area contributed by atoms with Crippen molar-refractivity contribution in [2.24, 2.45) is 0 Å². The first-order valence-electron chi connectivity index (χ1n) is 12.9. The molecule has 0 aliphatic carbocycles. The molecule has 1 heterocycles. The zero-order valence-electron chi connectivity index (χ0n) is 23.1. The van der Waals surface area contributed by atoms with Crippen molar-refractivity contribution < 1.29 is 40.8 Å². The van der Waals surface area contributed by atoms with Crippen LogP contribution in [0.2, 0.25) is 0 Å². The highest BCUT2D eigenvalue weighted by Gasteiger charge is 2.69. The van der Waals surface area contributed by atoms with E-state index in [1.54, 1.807) is 19.1 Å². The second-order valence-corrected chi connectivity index (χ2v) is 10.9. The number of hydrogen-bond donors (Lipinski definition) is 1. The van der Waals surface area contributed by atoms with Crippen LogP contribution in [0.1, 0.15) is 74.8 Å². The van der Waals surface area contributed by atoms with E-state index >= 15 is 0 Å². The Bertz CT molecular complexity index is 1200. The maximum Gasteiger partial charge on any atom is 0.563 e. The van der Waals surface area contributed by atoms with Crippen LogP contribution in [-0.2, 0) is 21.1 Å². The van der Waals surface area contributed by atoms with Crippen LogP contribution in [0.15, 0.2) is 48.7 Å². The molecule has 0 amide bonds. The van der Waals surface area contributed by atoms with Crippen molar-refractivity contribution in [3.63, 3.8) is 0 Å². The van der Waals surface area contributed by atoms with Gasteiger partial charge >= 0.3 is 19.5 Å². The Balaban J connectivity index is 1.93. The number of alkyl halides is 6. The lowest BCUT2D eigenvalue weighted by molar-refractivity contribution is -0.369. The van der Waals surface area contributed by atoms with Crippen LogP contribution in [0.4, 0.5) is 26.3 Å². The van der Waals surface area contributed by atoms with Crippen LogP contribution >= 0.6 is 0 Å². The van der Waals surface area contributed by atoms with Crippen molar-refractivity contribution in [3.8, 4) is 0 Å². The molecule has 39 heavy (non-hydrogen) atoms. The normalized spacial score (nSPS) is 16.5. The Kier molecular flexibility index (Phi) is 8.37. The van der Waals surface area contributed by atoms with Gasteiger partial charge in [0.2, 0.25) is 0 Å². The van der Waals surface area contributed by atoms with Crippen LogP contribution in [0.25, 0.3) is 0 Å². The second kappa shape index (κ2) is 10.5. The molecule has 214 valence electrons. The third kappa shape index (κ3) is 5.60. The van der Waals surface area contributed by atoms with E-state index in [1.807, 2.05) is 52.8 Å². The van der Waals surface area contributed by atoms with Gasteiger partial charge in [-0.15, -0.1) is 0 Å². The van der Waals surface area contributed by atoms with E-state index in [4.69, 9.17) is 9.31 Å². The number of halogens is 6. The molecule has 3 rings (SSSR count). The van der Waals surface area contributed by atoms with E-state index in [-0.39, 0.29) is 0 Å². The maximum absolute atomic E-state index is 13.1. The Hall–Kier alpha value is -2.46. The third-order valence-corrected chi connectivity index (χ3v) is 8.20. The van der Waals surface area contributed by atoms with E-state index in [2.05, 4.69) is 12.6 Å². The zero-order valence-corrected chi connectivity index (χ0v) is 23.1. The Morgan fingerprint density at radius 3 is 1.79 bits per heavy atom. The van der Waals surface area contributed by atoms with Crippen LogP contribution in [-0.4, -0.2) is 35.8 Å². The van der Waals surface area contributed by atoms with Gasteiger partial charge < -0.3 is 14.4 Å². The summed E-state index contributed by atoms with van der Waals surface area (Å²) in [5.74, 6) is 0.548. The lowest BCUT2D eigenvalue weighted by Gasteiger charge is -2.35. The summed E-state index contributed by atoms with van der Waals surface area (Å²) in [6, 6.07) is 11.2. The van der Waals surface area contributed by atoms with Gasteiger partial charge in [-0.2, -0.15) is 26.3 Å². The first-order valence-corrected chi connectivity index (χ1v) is 12.9. The minimum Gasteiger partial charge on any atom is -0.534 e. The minimum atomic E-state index is -5.83. The summed E-state index contributed by atoms with van der Waals surface area (Å²) in [5, 5.41) is 9.54. The summed E-state index contributed by atoms with van der Waals surface area (Å²) in [5.41, 5.74) is -1.17. The van der Waals surface area contributed by atoms with Crippen LogP contribution in [0.3, 0.4) is 0 Å². The lowest BCUT2D eigenvalue weighted by atomic mass is 9.67. The van der Waals surface area contributed by atoms with Gasteiger partial charge in [0, 0.05) is 5.41 Å². The first kappa shape index (κ1) is 31.1. The molecule has 3 nitrogen and oxygen atoms in total. The van der Waals surface area contributed by atoms with E-state index in [1.165, 1.54) is 0 Å². The van der Waals surface area contributed by atoms with Crippen molar-refractivity contribution in [2.45, 2.75) is 96.2 Å². The Labute approximate surface area is 226 Å². The molecule has 1 saturated heterocycles. The molecule has 2 aromatic rings. The molecule has 0 aromatic heterocycles.